The zero-order chi connectivity index (χ0) is 19.1. The zero-order valence-electron chi connectivity index (χ0n) is 15.4. The first-order valence-electron chi connectivity index (χ1n) is 9.75. The number of nitrogens with one attached hydrogen (secondary N) is 1. The summed E-state index contributed by atoms with van der Waals surface area (Å²) >= 11 is 6.20. The highest BCUT2D eigenvalue weighted by molar-refractivity contribution is 6.30. The van der Waals surface area contributed by atoms with Gasteiger partial charge < -0.3 is 5.32 Å². The van der Waals surface area contributed by atoms with Gasteiger partial charge in [-0.15, -0.1) is 10.2 Å². The number of hydrogen-bond donors (Lipinski definition) is 1. The normalized spacial score (nSPS) is 21.6. The average Bonchev–Trinajstić information content (AvgIpc) is 3.04. The fourth-order valence-corrected chi connectivity index (χ4v) is 4.71. The predicted octanol–water partition coefficient (Wildman–Crippen LogP) is 4.50. The Bertz CT molecular complexity index is 1010. The quantitative estimate of drug-likeness (QED) is 0.691. The Kier molecular flexibility index (Phi) is 4.61. The van der Waals surface area contributed by atoms with Crippen molar-refractivity contribution in [1.29, 1.82) is 0 Å². The molecule has 0 radical (unpaired) electrons. The van der Waals surface area contributed by atoms with Crippen LogP contribution in [0.2, 0.25) is 5.02 Å². The SMILES string of the molecule is Fc1cccnc1C1CCC(c2nnc3n2-c2ccc(Cl)cc2CNC3)CC1. The van der Waals surface area contributed by atoms with Gasteiger partial charge >= 0.3 is 0 Å². The molecular formula is C21H21ClFN5. The molecule has 3 heterocycles. The van der Waals surface area contributed by atoms with Crippen LogP contribution in [0.15, 0.2) is 36.5 Å². The van der Waals surface area contributed by atoms with Crippen LogP contribution in [-0.2, 0) is 13.1 Å². The number of benzene rings is 1. The minimum atomic E-state index is -0.195. The fraction of sp³-hybridized carbons (Fsp3) is 0.381. The largest absolute Gasteiger partial charge is 0.306 e. The molecule has 7 heteroatoms. The average molecular weight is 398 g/mol. The monoisotopic (exact) mass is 397 g/mol. The minimum Gasteiger partial charge on any atom is -0.306 e. The van der Waals surface area contributed by atoms with Crippen molar-refractivity contribution >= 4 is 11.6 Å². The molecule has 5 nitrogen and oxygen atoms in total. The van der Waals surface area contributed by atoms with E-state index in [9.17, 15) is 4.39 Å². The van der Waals surface area contributed by atoms with Gasteiger partial charge in [0.1, 0.15) is 11.6 Å². The number of halogens is 2. The first-order chi connectivity index (χ1) is 13.7. The molecule has 144 valence electrons. The number of pyridine rings is 1. The van der Waals surface area contributed by atoms with Crippen LogP contribution in [0.4, 0.5) is 4.39 Å². The van der Waals surface area contributed by atoms with Crippen molar-refractivity contribution in [2.45, 2.75) is 50.6 Å². The standard InChI is InChI=1S/C21H21ClFN5/c22-16-7-8-18-15(10-16)11-24-12-19-26-27-21(28(18)19)14-5-3-13(4-6-14)20-17(23)2-1-9-25-20/h1-2,7-10,13-14,24H,3-6,11-12H2. The number of aromatic nitrogens is 4. The molecule has 0 saturated heterocycles. The second-order valence-electron chi connectivity index (χ2n) is 7.61. The van der Waals surface area contributed by atoms with Crippen LogP contribution in [0, 0.1) is 5.82 Å². The van der Waals surface area contributed by atoms with Gasteiger partial charge in [0.05, 0.1) is 17.9 Å². The summed E-state index contributed by atoms with van der Waals surface area (Å²) < 4.78 is 16.3. The van der Waals surface area contributed by atoms with Gasteiger partial charge in [0.25, 0.3) is 0 Å². The molecule has 3 aromatic rings. The Labute approximate surface area is 168 Å². The van der Waals surface area contributed by atoms with Gasteiger partial charge in [-0.1, -0.05) is 11.6 Å². The van der Waals surface area contributed by atoms with Crippen LogP contribution in [-0.4, -0.2) is 19.7 Å². The molecule has 1 saturated carbocycles. The molecule has 2 aliphatic rings. The molecule has 1 aromatic carbocycles. The fourth-order valence-electron chi connectivity index (χ4n) is 4.52. The van der Waals surface area contributed by atoms with Gasteiger partial charge in [0.2, 0.25) is 0 Å². The molecule has 28 heavy (non-hydrogen) atoms. The molecule has 1 aliphatic carbocycles. The number of hydrogen-bond acceptors (Lipinski definition) is 4. The highest BCUT2D eigenvalue weighted by Crippen LogP contribution is 2.41. The van der Waals surface area contributed by atoms with E-state index in [0.29, 0.717) is 18.2 Å². The van der Waals surface area contributed by atoms with Crippen molar-refractivity contribution < 1.29 is 4.39 Å². The maximum Gasteiger partial charge on any atom is 0.151 e. The molecule has 0 spiro atoms. The van der Waals surface area contributed by atoms with Crippen LogP contribution in [0.25, 0.3) is 5.69 Å². The summed E-state index contributed by atoms with van der Waals surface area (Å²) in [6.07, 6.45) is 5.40. The maximum atomic E-state index is 14.1. The van der Waals surface area contributed by atoms with E-state index < -0.39 is 0 Å². The third kappa shape index (κ3) is 3.10. The minimum absolute atomic E-state index is 0.178. The van der Waals surface area contributed by atoms with Crippen LogP contribution >= 0.6 is 11.6 Å². The Morgan fingerprint density at radius 3 is 2.68 bits per heavy atom. The smallest absolute Gasteiger partial charge is 0.151 e. The summed E-state index contributed by atoms with van der Waals surface area (Å²) in [5.41, 5.74) is 2.85. The van der Waals surface area contributed by atoms with E-state index in [0.717, 1.165) is 60.2 Å². The lowest BCUT2D eigenvalue weighted by atomic mass is 9.79. The molecular weight excluding hydrogens is 377 g/mol. The van der Waals surface area contributed by atoms with E-state index >= 15 is 0 Å². The molecule has 5 rings (SSSR count). The lowest BCUT2D eigenvalue weighted by Gasteiger charge is -2.28. The van der Waals surface area contributed by atoms with Gasteiger partial charge in [0.15, 0.2) is 5.82 Å². The first kappa shape index (κ1) is 17.8. The summed E-state index contributed by atoms with van der Waals surface area (Å²) in [4.78, 5) is 4.28. The summed E-state index contributed by atoms with van der Waals surface area (Å²) in [5.74, 6) is 2.22. The van der Waals surface area contributed by atoms with Crippen LogP contribution in [0.5, 0.6) is 0 Å². The van der Waals surface area contributed by atoms with E-state index in [4.69, 9.17) is 11.6 Å². The van der Waals surface area contributed by atoms with E-state index in [1.165, 1.54) is 6.07 Å². The number of fused-ring (bicyclic) bond motifs is 3. The zero-order valence-corrected chi connectivity index (χ0v) is 16.2. The maximum absolute atomic E-state index is 14.1. The first-order valence-corrected chi connectivity index (χ1v) is 10.1. The van der Waals surface area contributed by atoms with Crippen molar-refractivity contribution in [3.63, 3.8) is 0 Å². The molecule has 2 aromatic heterocycles. The molecule has 0 amide bonds. The van der Waals surface area contributed by atoms with E-state index in [2.05, 4.69) is 31.1 Å². The number of nitrogens with zero attached hydrogens (tertiary/aromatic N) is 4. The second-order valence-corrected chi connectivity index (χ2v) is 8.04. The molecule has 1 fully saturated rings. The van der Waals surface area contributed by atoms with Gasteiger partial charge in [0, 0.05) is 29.6 Å². The van der Waals surface area contributed by atoms with Crippen LogP contribution in [0.1, 0.15) is 60.4 Å². The Morgan fingerprint density at radius 2 is 1.86 bits per heavy atom. The topological polar surface area (TPSA) is 55.6 Å². The predicted molar refractivity (Wildman–Crippen MR) is 105 cm³/mol. The molecule has 1 aliphatic heterocycles. The molecule has 0 atom stereocenters. The van der Waals surface area contributed by atoms with Gasteiger partial charge in [-0.2, -0.15) is 0 Å². The van der Waals surface area contributed by atoms with Gasteiger partial charge in [-0.05, 0) is 61.6 Å². The summed E-state index contributed by atoms with van der Waals surface area (Å²) in [5, 5.41) is 13.1. The molecule has 0 unspecified atom stereocenters. The second kappa shape index (κ2) is 7.26. The third-order valence-corrected chi connectivity index (χ3v) is 6.14. The van der Waals surface area contributed by atoms with Crippen molar-refractivity contribution in [3.8, 4) is 5.69 Å². The molecule has 1 N–H and O–H groups in total. The van der Waals surface area contributed by atoms with Gasteiger partial charge in [-0.25, -0.2) is 4.39 Å². The van der Waals surface area contributed by atoms with Crippen LogP contribution in [0.3, 0.4) is 0 Å². The van der Waals surface area contributed by atoms with E-state index in [-0.39, 0.29) is 11.7 Å². The lowest BCUT2D eigenvalue weighted by molar-refractivity contribution is 0.368. The highest BCUT2D eigenvalue weighted by atomic mass is 35.5. The van der Waals surface area contributed by atoms with Crippen molar-refractivity contribution in [2.24, 2.45) is 0 Å². The van der Waals surface area contributed by atoms with Crippen LogP contribution < -0.4 is 5.32 Å². The van der Waals surface area contributed by atoms with Crippen molar-refractivity contribution in [2.75, 3.05) is 0 Å². The Morgan fingerprint density at radius 1 is 1.04 bits per heavy atom. The van der Waals surface area contributed by atoms with E-state index in [1.807, 2.05) is 12.1 Å². The Balaban J connectivity index is 1.43. The third-order valence-electron chi connectivity index (χ3n) is 5.90. The Hall–Kier alpha value is -2.31. The van der Waals surface area contributed by atoms with E-state index in [1.54, 1.807) is 12.3 Å². The van der Waals surface area contributed by atoms with Crippen molar-refractivity contribution in [3.05, 3.63) is 70.3 Å². The van der Waals surface area contributed by atoms with Gasteiger partial charge in [-0.3, -0.25) is 9.55 Å². The lowest BCUT2D eigenvalue weighted by Crippen LogP contribution is -2.18. The molecule has 0 bridgehead atoms. The highest BCUT2D eigenvalue weighted by Gasteiger charge is 2.31. The summed E-state index contributed by atoms with van der Waals surface area (Å²) in [6, 6.07) is 9.12. The van der Waals surface area contributed by atoms with Crippen molar-refractivity contribution in [1.82, 2.24) is 25.1 Å². The number of rotatable bonds is 2. The summed E-state index contributed by atoms with van der Waals surface area (Å²) in [7, 11) is 0. The summed E-state index contributed by atoms with van der Waals surface area (Å²) in [6.45, 7) is 1.43.